The van der Waals surface area contributed by atoms with Gasteiger partial charge in [-0.3, -0.25) is 9.59 Å². The molecule has 0 atom stereocenters. The number of carbonyl (C=O) groups excluding carboxylic acids is 2. The number of para-hydroxylation sites is 1. The van der Waals surface area contributed by atoms with Crippen molar-refractivity contribution < 1.29 is 18.7 Å². The summed E-state index contributed by atoms with van der Waals surface area (Å²) in [6, 6.07) is 12.8. The zero-order valence-electron chi connectivity index (χ0n) is 13.0. The van der Waals surface area contributed by atoms with Crippen LogP contribution in [0.4, 0.5) is 10.1 Å². The smallest absolute Gasteiger partial charge is 0.249 e. The quantitative estimate of drug-likeness (QED) is 0.485. The molecule has 2 aromatic carbocycles. The predicted molar refractivity (Wildman–Crippen MR) is 88.4 cm³/mol. The number of benzene rings is 2. The maximum Gasteiger partial charge on any atom is 0.249 e. The molecule has 0 unspecified atom stereocenters. The third-order valence-electron chi connectivity index (χ3n) is 2.97. The van der Waals surface area contributed by atoms with Gasteiger partial charge in [-0.05, 0) is 29.8 Å². The molecule has 0 spiro atoms. The number of halogens is 1. The van der Waals surface area contributed by atoms with Gasteiger partial charge in [-0.2, -0.15) is 5.10 Å². The molecule has 7 heteroatoms. The fraction of sp³-hybridized carbons (Fsp3) is 0.118. The second kappa shape index (κ2) is 8.42. The molecule has 0 fully saturated rings. The molecule has 2 amide bonds. The lowest BCUT2D eigenvalue weighted by molar-refractivity contribution is -0.126. The minimum absolute atomic E-state index is 0.0233. The lowest BCUT2D eigenvalue weighted by Crippen LogP contribution is -2.24. The Hall–Kier alpha value is -3.22. The number of nitrogens with one attached hydrogen (secondary N) is 2. The molecule has 0 aliphatic carbocycles. The number of hydrogen-bond donors (Lipinski definition) is 2. The van der Waals surface area contributed by atoms with Crippen molar-refractivity contribution in [2.75, 3.05) is 12.4 Å². The van der Waals surface area contributed by atoms with Gasteiger partial charge in [0.2, 0.25) is 11.8 Å². The fourth-order valence-electron chi connectivity index (χ4n) is 1.84. The highest BCUT2D eigenvalue weighted by atomic mass is 19.1. The number of ether oxygens (including phenoxy) is 1. The van der Waals surface area contributed by atoms with E-state index in [2.05, 4.69) is 15.8 Å². The summed E-state index contributed by atoms with van der Waals surface area (Å²) in [5.74, 6) is -1.14. The first-order chi connectivity index (χ1) is 11.6. The van der Waals surface area contributed by atoms with Gasteiger partial charge in [0.05, 0.1) is 19.0 Å². The number of rotatable bonds is 6. The number of methoxy groups -OCH3 is 1. The first-order valence-corrected chi connectivity index (χ1v) is 7.09. The third kappa shape index (κ3) is 5.20. The number of nitrogens with zero attached hydrogens (tertiary/aromatic N) is 1. The van der Waals surface area contributed by atoms with Crippen molar-refractivity contribution in [3.05, 3.63) is 59.9 Å². The topological polar surface area (TPSA) is 79.8 Å². The van der Waals surface area contributed by atoms with Crippen LogP contribution in [0, 0.1) is 5.82 Å². The van der Waals surface area contributed by atoms with E-state index in [0.29, 0.717) is 5.75 Å². The van der Waals surface area contributed by atoms with E-state index in [1.165, 1.54) is 24.4 Å². The molecule has 0 aromatic heterocycles. The Kier molecular flexibility index (Phi) is 6.01. The molecule has 0 aliphatic rings. The van der Waals surface area contributed by atoms with Gasteiger partial charge in [-0.1, -0.05) is 24.3 Å². The van der Waals surface area contributed by atoms with Crippen LogP contribution in [0.1, 0.15) is 12.0 Å². The highest BCUT2D eigenvalue weighted by molar-refractivity contribution is 6.03. The van der Waals surface area contributed by atoms with E-state index >= 15 is 0 Å². The second-order valence-electron chi connectivity index (χ2n) is 4.77. The highest BCUT2D eigenvalue weighted by Crippen LogP contribution is 2.12. The predicted octanol–water partition coefficient (Wildman–Crippen LogP) is 2.31. The van der Waals surface area contributed by atoms with Gasteiger partial charge in [0.15, 0.2) is 0 Å². The maximum atomic E-state index is 13.4. The molecule has 0 aliphatic heterocycles. The van der Waals surface area contributed by atoms with Crippen LogP contribution in [0.15, 0.2) is 53.6 Å². The molecule has 24 heavy (non-hydrogen) atoms. The van der Waals surface area contributed by atoms with Crippen molar-refractivity contribution >= 4 is 23.7 Å². The van der Waals surface area contributed by atoms with Crippen LogP contribution in [0.2, 0.25) is 0 Å². The summed E-state index contributed by atoms with van der Waals surface area (Å²) >= 11 is 0. The number of hydrogen-bond acceptors (Lipinski definition) is 4. The summed E-state index contributed by atoms with van der Waals surface area (Å²) in [4.78, 5) is 23.3. The van der Waals surface area contributed by atoms with Gasteiger partial charge >= 0.3 is 0 Å². The standard InChI is InChI=1S/C17H16FN3O3/c1-24-13-6-4-5-12(9-13)11-19-21-17(23)10-16(22)20-15-8-3-2-7-14(15)18/h2-9,11H,10H2,1H3,(H,20,22)(H,21,23). The summed E-state index contributed by atoms with van der Waals surface area (Å²) < 4.78 is 18.5. The summed E-state index contributed by atoms with van der Waals surface area (Å²) in [7, 11) is 1.55. The number of anilines is 1. The van der Waals surface area contributed by atoms with Crippen LogP contribution >= 0.6 is 0 Å². The van der Waals surface area contributed by atoms with Crippen molar-refractivity contribution in [1.29, 1.82) is 0 Å². The van der Waals surface area contributed by atoms with Crippen molar-refractivity contribution in [1.82, 2.24) is 5.43 Å². The molecule has 0 saturated heterocycles. The number of amides is 2. The molecule has 0 saturated carbocycles. The van der Waals surface area contributed by atoms with E-state index in [0.717, 1.165) is 5.56 Å². The van der Waals surface area contributed by atoms with E-state index in [1.807, 2.05) is 0 Å². The van der Waals surface area contributed by atoms with Gasteiger partial charge in [-0.15, -0.1) is 0 Å². The molecule has 2 rings (SSSR count). The zero-order valence-corrected chi connectivity index (χ0v) is 13.0. The molecule has 124 valence electrons. The normalized spacial score (nSPS) is 10.4. The minimum Gasteiger partial charge on any atom is -0.497 e. The molecular weight excluding hydrogens is 313 g/mol. The molecule has 2 aromatic rings. The van der Waals surface area contributed by atoms with Gasteiger partial charge in [0, 0.05) is 0 Å². The van der Waals surface area contributed by atoms with Crippen LogP contribution in [-0.4, -0.2) is 25.1 Å². The van der Waals surface area contributed by atoms with Crippen molar-refractivity contribution in [3.8, 4) is 5.75 Å². The van der Waals surface area contributed by atoms with E-state index in [-0.39, 0.29) is 5.69 Å². The first kappa shape index (κ1) is 17.1. The Morgan fingerprint density at radius 3 is 2.71 bits per heavy atom. The molecule has 0 bridgehead atoms. The molecular formula is C17H16FN3O3. The molecule has 6 nitrogen and oxygen atoms in total. The Morgan fingerprint density at radius 2 is 1.96 bits per heavy atom. The van der Waals surface area contributed by atoms with Crippen LogP contribution < -0.4 is 15.5 Å². The second-order valence-corrected chi connectivity index (χ2v) is 4.77. The van der Waals surface area contributed by atoms with Crippen molar-refractivity contribution in [2.45, 2.75) is 6.42 Å². The SMILES string of the molecule is COc1cccc(C=NNC(=O)CC(=O)Nc2ccccc2F)c1. The van der Waals surface area contributed by atoms with E-state index in [4.69, 9.17) is 4.74 Å². The third-order valence-corrected chi connectivity index (χ3v) is 2.97. The molecule has 0 heterocycles. The largest absolute Gasteiger partial charge is 0.497 e. The lowest BCUT2D eigenvalue weighted by atomic mass is 10.2. The van der Waals surface area contributed by atoms with Gasteiger partial charge in [0.1, 0.15) is 18.0 Å². The lowest BCUT2D eigenvalue weighted by Gasteiger charge is -2.05. The van der Waals surface area contributed by atoms with Crippen molar-refractivity contribution in [2.24, 2.45) is 5.10 Å². The zero-order chi connectivity index (χ0) is 17.4. The Bertz CT molecular complexity index is 762. The highest BCUT2D eigenvalue weighted by Gasteiger charge is 2.10. The van der Waals surface area contributed by atoms with Crippen LogP contribution in [0.3, 0.4) is 0 Å². The summed E-state index contributed by atoms with van der Waals surface area (Å²) in [5.41, 5.74) is 2.99. The van der Waals surface area contributed by atoms with E-state index < -0.39 is 24.1 Å². The Labute approximate surface area is 138 Å². The Morgan fingerprint density at radius 1 is 1.17 bits per heavy atom. The fourth-order valence-corrected chi connectivity index (χ4v) is 1.84. The average molecular weight is 329 g/mol. The molecule has 2 N–H and O–H groups in total. The van der Waals surface area contributed by atoms with Gasteiger partial charge < -0.3 is 10.1 Å². The monoisotopic (exact) mass is 329 g/mol. The van der Waals surface area contributed by atoms with E-state index in [1.54, 1.807) is 37.4 Å². The number of carbonyl (C=O) groups is 2. The van der Waals surface area contributed by atoms with Gasteiger partial charge in [0.25, 0.3) is 0 Å². The van der Waals surface area contributed by atoms with Gasteiger partial charge in [-0.25, -0.2) is 9.82 Å². The average Bonchev–Trinajstić information content (AvgIpc) is 2.57. The molecule has 0 radical (unpaired) electrons. The summed E-state index contributed by atoms with van der Waals surface area (Å²) in [5, 5.41) is 6.08. The van der Waals surface area contributed by atoms with Crippen LogP contribution in [0.25, 0.3) is 0 Å². The van der Waals surface area contributed by atoms with Crippen molar-refractivity contribution in [3.63, 3.8) is 0 Å². The Balaban J connectivity index is 1.83. The first-order valence-electron chi connectivity index (χ1n) is 7.09. The summed E-state index contributed by atoms with van der Waals surface area (Å²) in [6.07, 6.45) is 0.957. The van der Waals surface area contributed by atoms with Crippen LogP contribution in [0.5, 0.6) is 5.75 Å². The van der Waals surface area contributed by atoms with Crippen LogP contribution in [-0.2, 0) is 9.59 Å². The number of hydrazone groups is 1. The summed E-state index contributed by atoms with van der Waals surface area (Å²) in [6.45, 7) is 0. The minimum atomic E-state index is -0.630. The van der Waals surface area contributed by atoms with E-state index in [9.17, 15) is 14.0 Å². The maximum absolute atomic E-state index is 13.4.